The number of aliphatic hydroxyl groups is 3. The molecule has 3 atom stereocenters. The summed E-state index contributed by atoms with van der Waals surface area (Å²) in [5.41, 5.74) is 0. The highest BCUT2D eigenvalue weighted by molar-refractivity contribution is 5.80. The summed E-state index contributed by atoms with van der Waals surface area (Å²) in [6.07, 6.45) is 44.2. The normalized spacial score (nSPS) is 14.3. The van der Waals surface area contributed by atoms with Gasteiger partial charge in [-0.3, -0.25) is 4.79 Å². The van der Waals surface area contributed by atoms with Crippen LogP contribution in [-0.4, -0.2) is 46.1 Å². The Kier molecular flexibility index (Phi) is 33.8. The molecule has 0 saturated carbocycles. The molecule has 0 aromatic heterocycles. The van der Waals surface area contributed by atoms with E-state index in [1.807, 2.05) is 6.08 Å². The Morgan fingerprint density at radius 3 is 1.40 bits per heavy atom. The number of nitrogens with one attached hydrogen (secondary N) is 1. The van der Waals surface area contributed by atoms with Crippen LogP contribution in [0.25, 0.3) is 0 Å². The first-order valence-electron chi connectivity index (χ1n) is 19.0. The lowest BCUT2D eigenvalue weighted by atomic mass is 10.1. The molecule has 3 unspecified atom stereocenters. The second-order valence-corrected chi connectivity index (χ2v) is 12.8. The molecule has 0 bridgehead atoms. The highest BCUT2D eigenvalue weighted by atomic mass is 16.3. The van der Waals surface area contributed by atoms with Crippen LogP contribution in [0.5, 0.6) is 0 Å². The maximum Gasteiger partial charge on any atom is 0.249 e. The number of unbranched alkanes of at least 4 members (excludes halogenated alkanes) is 19. The van der Waals surface area contributed by atoms with Gasteiger partial charge in [0.25, 0.3) is 0 Å². The predicted octanol–water partition coefficient (Wildman–Crippen LogP) is 10.2. The summed E-state index contributed by atoms with van der Waals surface area (Å²) in [5, 5.41) is 32.9. The summed E-state index contributed by atoms with van der Waals surface area (Å²) < 4.78 is 0. The molecule has 5 heteroatoms. The van der Waals surface area contributed by atoms with E-state index in [0.717, 1.165) is 57.8 Å². The molecule has 0 saturated heterocycles. The third kappa shape index (κ3) is 30.7. The Hall–Kier alpha value is -1.69. The van der Waals surface area contributed by atoms with Gasteiger partial charge in [-0.2, -0.15) is 0 Å². The summed E-state index contributed by atoms with van der Waals surface area (Å²) >= 11 is 0. The predicted molar refractivity (Wildman–Crippen MR) is 194 cm³/mol. The molecule has 0 aromatic rings. The topological polar surface area (TPSA) is 89.8 Å². The largest absolute Gasteiger partial charge is 0.394 e. The lowest BCUT2D eigenvalue weighted by Gasteiger charge is -2.21. The van der Waals surface area contributed by atoms with Gasteiger partial charge in [-0.1, -0.05) is 152 Å². The van der Waals surface area contributed by atoms with Gasteiger partial charge < -0.3 is 20.6 Å². The van der Waals surface area contributed by atoms with Gasteiger partial charge in [0, 0.05) is 0 Å². The molecule has 1 amide bonds. The van der Waals surface area contributed by atoms with Crippen molar-refractivity contribution in [3.63, 3.8) is 0 Å². The summed E-state index contributed by atoms with van der Waals surface area (Å²) in [4.78, 5) is 12.4. The molecule has 0 radical (unpaired) electrons. The lowest BCUT2D eigenvalue weighted by molar-refractivity contribution is -0.131. The number of carbonyl (C=O) groups is 1. The van der Waals surface area contributed by atoms with E-state index in [4.69, 9.17) is 0 Å². The molecular formula is C40H73NO4. The van der Waals surface area contributed by atoms with Crippen LogP contribution in [0.15, 0.2) is 48.6 Å². The van der Waals surface area contributed by atoms with Crippen molar-refractivity contribution >= 4 is 5.91 Å². The smallest absolute Gasteiger partial charge is 0.249 e. The molecular weight excluding hydrogens is 558 g/mol. The summed E-state index contributed by atoms with van der Waals surface area (Å²) in [5.74, 6) is -0.531. The zero-order chi connectivity index (χ0) is 33.1. The number of rotatable bonds is 33. The van der Waals surface area contributed by atoms with Crippen molar-refractivity contribution < 1.29 is 20.1 Å². The van der Waals surface area contributed by atoms with E-state index >= 15 is 0 Å². The van der Waals surface area contributed by atoms with Crippen LogP contribution in [0, 0.1) is 0 Å². The first-order valence-corrected chi connectivity index (χ1v) is 19.0. The van der Waals surface area contributed by atoms with Gasteiger partial charge in [0.15, 0.2) is 0 Å². The second kappa shape index (κ2) is 35.2. The highest BCUT2D eigenvalue weighted by Gasteiger charge is 2.22. The Balaban J connectivity index is 3.83. The van der Waals surface area contributed by atoms with Crippen LogP contribution in [0.2, 0.25) is 0 Å². The standard InChI is InChI=1S/C40H73NO4/c1-3-5-7-9-11-13-15-16-17-18-19-20-21-22-23-25-26-28-30-32-34-38(43)37(36-42)41-40(45)39(44)35-33-31-29-27-24-14-12-10-8-6-4-2/h12,14,20-21,25-26,32,34,37-39,42-44H,3-11,13,15-19,22-24,27-31,33,35-36H2,1-2H3,(H,41,45)/b14-12-,21-20+,26-25+,34-32+. The number of aliphatic hydroxyl groups excluding tert-OH is 3. The first kappa shape index (κ1) is 43.3. The van der Waals surface area contributed by atoms with Crippen LogP contribution < -0.4 is 5.32 Å². The molecule has 45 heavy (non-hydrogen) atoms. The van der Waals surface area contributed by atoms with Crippen molar-refractivity contribution in [2.45, 2.75) is 193 Å². The first-order chi connectivity index (χ1) is 22.1. The third-order valence-corrected chi connectivity index (χ3v) is 8.37. The molecule has 0 rings (SSSR count). The Bertz CT molecular complexity index is 745. The molecule has 0 aliphatic heterocycles. The zero-order valence-corrected chi connectivity index (χ0v) is 29.5. The summed E-state index contributed by atoms with van der Waals surface area (Å²) in [7, 11) is 0. The number of hydrogen-bond donors (Lipinski definition) is 4. The van der Waals surface area contributed by atoms with E-state index in [2.05, 4.69) is 55.6 Å². The molecule has 0 heterocycles. The van der Waals surface area contributed by atoms with Gasteiger partial charge in [0.2, 0.25) is 5.91 Å². The minimum absolute atomic E-state index is 0.386. The van der Waals surface area contributed by atoms with Gasteiger partial charge in [-0.25, -0.2) is 0 Å². The minimum Gasteiger partial charge on any atom is -0.394 e. The lowest BCUT2D eigenvalue weighted by Crippen LogP contribution is -2.48. The van der Waals surface area contributed by atoms with Crippen molar-refractivity contribution in [1.82, 2.24) is 5.32 Å². The average Bonchev–Trinajstić information content (AvgIpc) is 3.04. The van der Waals surface area contributed by atoms with E-state index in [-0.39, 0.29) is 6.61 Å². The maximum absolute atomic E-state index is 12.4. The SMILES string of the molecule is CCCCC/C=C\CCCCCCC(O)C(=O)NC(CO)C(O)/C=C/CC/C=C/CC/C=C/CCCCCCCCCCCC. The van der Waals surface area contributed by atoms with Gasteiger partial charge in [0.05, 0.1) is 18.8 Å². The fourth-order valence-corrected chi connectivity index (χ4v) is 5.33. The molecule has 262 valence electrons. The Labute approximate surface area is 278 Å². The average molecular weight is 632 g/mol. The van der Waals surface area contributed by atoms with Crippen LogP contribution in [0.1, 0.15) is 174 Å². The summed E-state index contributed by atoms with van der Waals surface area (Å²) in [6, 6.07) is -0.824. The third-order valence-electron chi connectivity index (χ3n) is 8.37. The molecule has 4 N–H and O–H groups in total. The van der Waals surface area contributed by atoms with Crippen molar-refractivity contribution in [2.24, 2.45) is 0 Å². The highest BCUT2D eigenvalue weighted by Crippen LogP contribution is 2.12. The molecule has 0 spiro atoms. The van der Waals surface area contributed by atoms with Crippen molar-refractivity contribution in [3.8, 4) is 0 Å². The molecule has 0 fully saturated rings. The number of hydrogen-bond acceptors (Lipinski definition) is 4. The van der Waals surface area contributed by atoms with Crippen molar-refractivity contribution in [1.29, 1.82) is 0 Å². The van der Waals surface area contributed by atoms with Crippen LogP contribution >= 0.6 is 0 Å². The monoisotopic (exact) mass is 632 g/mol. The summed E-state index contributed by atoms with van der Waals surface area (Å²) in [6.45, 7) is 4.11. The van der Waals surface area contributed by atoms with Crippen LogP contribution in [0.4, 0.5) is 0 Å². The van der Waals surface area contributed by atoms with Crippen molar-refractivity contribution in [3.05, 3.63) is 48.6 Å². The van der Waals surface area contributed by atoms with E-state index in [1.165, 1.54) is 96.3 Å². The molecule has 0 aliphatic carbocycles. The molecule has 0 aliphatic rings. The molecule has 0 aromatic carbocycles. The minimum atomic E-state index is -1.12. The number of allylic oxidation sites excluding steroid dienone is 7. The van der Waals surface area contributed by atoms with E-state index in [9.17, 15) is 20.1 Å². The van der Waals surface area contributed by atoms with Gasteiger partial charge in [-0.15, -0.1) is 0 Å². The quantitative estimate of drug-likeness (QED) is 0.0429. The van der Waals surface area contributed by atoms with Gasteiger partial charge >= 0.3 is 0 Å². The van der Waals surface area contributed by atoms with Gasteiger partial charge in [0.1, 0.15) is 6.10 Å². The fourth-order valence-electron chi connectivity index (χ4n) is 5.33. The van der Waals surface area contributed by atoms with E-state index in [0.29, 0.717) is 6.42 Å². The van der Waals surface area contributed by atoms with E-state index in [1.54, 1.807) is 6.08 Å². The number of amides is 1. The van der Waals surface area contributed by atoms with Gasteiger partial charge in [-0.05, 0) is 70.6 Å². The fraction of sp³-hybridized carbons (Fsp3) is 0.775. The van der Waals surface area contributed by atoms with Crippen molar-refractivity contribution in [2.75, 3.05) is 6.61 Å². The number of carbonyl (C=O) groups excluding carboxylic acids is 1. The molecule has 5 nitrogen and oxygen atoms in total. The van der Waals surface area contributed by atoms with E-state index < -0.39 is 24.2 Å². The maximum atomic E-state index is 12.4. The second-order valence-electron chi connectivity index (χ2n) is 12.8. The van der Waals surface area contributed by atoms with Crippen LogP contribution in [0.3, 0.4) is 0 Å². The Morgan fingerprint density at radius 2 is 0.911 bits per heavy atom. The Morgan fingerprint density at radius 1 is 0.533 bits per heavy atom. The zero-order valence-electron chi connectivity index (χ0n) is 29.5. The van der Waals surface area contributed by atoms with Crippen LogP contribution in [-0.2, 0) is 4.79 Å².